The second-order valence-electron chi connectivity index (χ2n) is 6.89. The van der Waals surface area contributed by atoms with E-state index in [9.17, 15) is 4.79 Å². The highest BCUT2D eigenvalue weighted by atomic mass is 16.5. The Morgan fingerprint density at radius 3 is 2.06 bits per heavy atom. The van der Waals surface area contributed by atoms with Gasteiger partial charge in [0.2, 0.25) is 0 Å². The van der Waals surface area contributed by atoms with Crippen LogP contribution in [0.25, 0.3) is 0 Å². The lowest BCUT2D eigenvalue weighted by atomic mass is 9.48. The number of hydrogen-bond acceptors (Lipinski definition) is 2. The maximum Gasteiger partial charge on any atom is 0.334 e. The minimum absolute atomic E-state index is 0.00510. The minimum atomic E-state index is -0.0144. The first kappa shape index (κ1) is 10.2. The van der Waals surface area contributed by atoms with Crippen molar-refractivity contribution in [3.05, 3.63) is 11.6 Å². The fourth-order valence-electron chi connectivity index (χ4n) is 5.40. The minimum Gasteiger partial charge on any atom is -0.455 e. The Balaban J connectivity index is 1.73. The summed E-state index contributed by atoms with van der Waals surface area (Å²) in [6, 6.07) is 0. The van der Waals surface area contributed by atoms with Crippen LogP contribution >= 0.6 is 0 Å². The molecule has 5 rings (SSSR count). The summed E-state index contributed by atoms with van der Waals surface area (Å²) in [7, 11) is 0. The highest BCUT2D eigenvalue weighted by Gasteiger charge is 2.55. The van der Waals surface area contributed by atoms with Crippen LogP contribution in [0.4, 0.5) is 0 Å². The third-order valence-corrected chi connectivity index (χ3v) is 5.52. The van der Waals surface area contributed by atoms with Crippen LogP contribution in [-0.4, -0.2) is 12.1 Å². The van der Waals surface area contributed by atoms with E-state index in [1.807, 2.05) is 6.92 Å². The molecule has 0 saturated heterocycles. The van der Waals surface area contributed by atoms with Gasteiger partial charge in [0.1, 0.15) is 6.10 Å². The molecule has 4 aliphatic carbocycles. The van der Waals surface area contributed by atoms with E-state index in [-0.39, 0.29) is 17.5 Å². The van der Waals surface area contributed by atoms with Gasteiger partial charge in [-0.2, -0.15) is 0 Å². The zero-order valence-corrected chi connectivity index (χ0v) is 10.4. The lowest BCUT2D eigenvalue weighted by Gasteiger charge is -2.56. The van der Waals surface area contributed by atoms with Crippen LogP contribution in [0.5, 0.6) is 0 Å². The third kappa shape index (κ3) is 1.36. The van der Waals surface area contributed by atoms with E-state index >= 15 is 0 Å². The molecule has 4 fully saturated rings. The molecule has 1 aliphatic heterocycles. The van der Waals surface area contributed by atoms with Crippen LogP contribution in [0.15, 0.2) is 11.6 Å². The first-order chi connectivity index (χ1) is 8.14. The molecule has 1 atom stereocenters. The summed E-state index contributed by atoms with van der Waals surface area (Å²) in [6.45, 7) is 1.98. The van der Waals surface area contributed by atoms with Gasteiger partial charge in [0, 0.05) is 11.0 Å². The van der Waals surface area contributed by atoms with Crippen LogP contribution in [0.2, 0.25) is 0 Å². The zero-order chi connectivity index (χ0) is 11.6. The second kappa shape index (κ2) is 3.15. The monoisotopic (exact) mass is 232 g/mol. The molecule has 0 spiro atoms. The molecule has 5 aliphatic rings. The van der Waals surface area contributed by atoms with Gasteiger partial charge < -0.3 is 4.74 Å². The van der Waals surface area contributed by atoms with Crippen molar-refractivity contribution in [3.63, 3.8) is 0 Å². The Bertz CT molecular complexity index is 372. The van der Waals surface area contributed by atoms with E-state index in [1.54, 1.807) is 0 Å². The van der Waals surface area contributed by atoms with Gasteiger partial charge in [-0.05, 0) is 69.3 Å². The molecule has 2 nitrogen and oxygen atoms in total. The number of cyclic esters (lactones) is 1. The molecule has 0 radical (unpaired) electrons. The average Bonchev–Trinajstić information content (AvgIpc) is 2.56. The highest BCUT2D eigenvalue weighted by molar-refractivity contribution is 5.92. The van der Waals surface area contributed by atoms with Gasteiger partial charge in [-0.15, -0.1) is 0 Å². The van der Waals surface area contributed by atoms with Crippen LogP contribution in [0.3, 0.4) is 0 Å². The summed E-state index contributed by atoms with van der Waals surface area (Å²) in [5, 5.41) is 0. The Labute approximate surface area is 102 Å². The van der Waals surface area contributed by atoms with E-state index in [0.717, 1.165) is 23.3 Å². The summed E-state index contributed by atoms with van der Waals surface area (Å²) in [5.74, 6) is 2.67. The number of carbonyl (C=O) groups is 1. The summed E-state index contributed by atoms with van der Waals surface area (Å²) in [6.07, 6.45) is 10.2. The van der Waals surface area contributed by atoms with Gasteiger partial charge in [-0.25, -0.2) is 4.79 Å². The first-order valence-corrected chi connectivity index (χ1v) is 7.08. The molecule has 0 aromatic carbocycles. The van der Waals surface area contributed by atoms with Crippen LogP contribution in [-0.2, 0) is 9.53 Å². The third-order valence-electron chi connectivity index (χ3n) is 5.52. The van der Waals surface area contributed by atoms with Gasteiger partial charge in [-0.1, -0.05) is 0 Å². The summed E-state index contributed by atoms with van der Waals surface area (Å²) >= 11 is 0. The Kier molecular flexibility index (Phi) is 1.88. The number of esters is 1. The van der Waals surface area contributed by atoms with Crippen LogP contribution in [0, 0.1) is 23.2 Å². The number of carbonyl (C=O) groups excluding carboxylic acids is 1. The van der Waals surface area contributed by atoms with Crippen molar-refractivity contribution in [2.24, 2.45) is 23.2 Å². The van der Waals surface area contributed by atoms with E-state index in [2.05, 4.69) is 6.08 Å². The number of rotatable bonds is 1. The molecule has 4 bridgehead atoms. The maximum atomic E-state index is 12.0. The van der Waals surface area contributed by atoms with Crippen molar-refractivity contribution in [3.8, 4) is 0 Å². The molecule has 0 aromatic rings. The number of ether oxygens (including phenoxy) is 1. The predicted molar refractivity (Wildman–Crippen MR) is 64.2 cm³/mol. The van der Waals surface area contributed by atoms with Gasteiger partial charge in [0.15, 0.2) is 0 Å². The summed E-state index contributed by atoms with van der Waals surface area (Å²) in [4.78, 5) is 12.0. The van der Waals surface area contributed by atoms with Crippen molar-refractivity contribution < 1.29 is 9.53 Å². The molecular weight excluding hydrogens is 212 g/mol. The molecule has 17 heavy (non-hydrogen) atoms. The topological polar surface area (TPSA) is 26.3 Å². The fraction of sp³-hybridized carbons (Fsp3) is 0.800. The van der Waals surface area contributed by atoms with Crippen molar-refractivity contribution in [1.82, 2.24) is 0 Å². The van der Waals surface area contributed by atoms with Crippen molar-refractivity contribution in [2.75, 3.05) is 0 Å². The maximum absolute atomic E-state index is 12.0. The number of hydrogen-bond donors (Lipinski definition) is 0. The quantitative estimate of drug-likeness (QED) is 0.649. The van der Waals surface area contributed by atoms with E-state index in [1.165, 1.54) is 38.5 Å². The average molecular weight is 232 g/mol. The summed E-state index contributed by atoms with van der Waals surface area (Å²) < 4.78 is 5.33. The van der Waals surface area contributed by atoms with Gasteiger partial charge in [-0.3, -0.25) is 0 Å². The largest absolute Gasteiger partial charge is 0.455 e. The lowest BCUT2D eigenvalue weighted by Crippen LogP contribution is -2.47. The molecule has 92 valence electrons. The zero-order valence-electron chi connectivity index (χ0n) is 10.4. The van der Waals surface area contributed by atoms with E-state index < -0.39 is 0 Å². The Morgan fingerprint density at radius 2 is 1.65 bits per heavy atom. The second-order valence-corrected chi connectivity index (χ2v) is 6.89. The predicted octanol–water partition coefficient (Wildman–Crippen LogP) is 3.07. The molecule has 1 unspecified atom stereocenters. The molecule has 1 heterocycles. The van der Waals surface area contributed by atoms with Crippen molar-refractivity contribution >= 4 is 5.97 Å². The smallest absolute Gasteiger partial charge is 0.334 e. The molecule has 0 N–H and O–H groups in total. The molecular formula is C15H20O2. The molecule has 0 aromatic heterocycles. The Morgan fingerprint density at radius 1 is 1.12 bits per heavy atom. The van der Waals surface area contributed by atoms with Gasteiger partial charge in [0.05, 0.1) is 0 Å². The highest BCUT2D eigenvalue weighted by Crippen LogP contribution is 2.63. The lowest BCUT2D eigenvalue weighted by molar-refractivity contribution is -0.142. The summed E-state index contributed by atoms with van der Waals surface area (Å²) in [5.41, 5.74) is 1.26. The van der Waals surface area contributed by atoms with E-state index in [0.29, 0.717) is 0 Å². The molecule has 2 heteroatoms. The fourth-order valence-corrected chi connectivity index (χ4v) is 5.40. The SMILES string of the molecule is CC1C=C(C23CC4CC(CC(C4)C2)C3)C(=O)O1. The first-order valence-electron chi connectivity index (χ1n) is 7.08. The Hall–Kier alpha value is -0.790. The standard InChI is InChI=1S/C15H20O2/c1-9-2-13(14(16)17-9)15-6-10-3-11(7-15)5-12(4-10)8-15/h2,9-12H,3-8H2,1H3. The van der Waals surface area contributed by atoms with Crippen molar-refractivity contribution in [2.45, 2.75) is 51.6 Å². The van der Waals surface area contributed by atoms with Crippen LogP contribution in [0.1, 0.15) is 45.4 Å². The normalized spacial score (nSPS) is 51.6. The van der Waals surface area contributed by atoms with E-state index in [4.69, 9.17) is 4.74 Å². The van der Waals surface area contributed by atoms with Crippen molar-refractivity contribution in [1.29, 1.82) is 0 Å². The van der Waals surface area contributed by atoms with Gasteiger partial charge in [0.25, 0.3) is 0 Å². The molecule has 4 saturated carbocycles. The van der Waals surface area contributed by atoms with Gasteiger partial charge >= 0.3 is 5.97 Å². The van der Waals surface area contributed by atoms with Crippen LogP contribution < -0.4 is 0 Å². The molecule has 0 amide bonds.